The summed E-state index contributed by atoms with van der Waals surface area (Å²) < 4.78 is 25.1. The second kappa shape index (κ2) is 3.72. The van der Waals surface area contributed by atoms with E-state index in [4.69, 9.17) is 0 Å². The minimum Gasteiger partial charge on any atom is -0.297 e. The van der Waals surface area contributed by atoms with Crippen LogP contribution in [0, 0.1) is 0 Å². The number of hydrogen-bond donors (Lipinski definition) is 1. The summed E-state index contributed by atoms with van der Waals surface area (Å²) in [6.07, 6.45) is 0.929. The van der Waals surface area contributed by atoms with Crippen LogP contribution in [-0.4, -0.2) is 36.2 Å². The van der Waals surface area contributed by atoms with Crippen LogP contribution in [0.1, 0.15) is 12.8 Å². The molecule has 1 fully saturated rings. The van der Waals surface area contributed by atoms with Crippen molar-refractivity contribution in [1.29, 1.82) is 0 Å². The molecule has 11 heavy (non-hydrogen) atoms. The van der Waals surface area contributed by atoms with E-state index in [0.29, 0.717) is 6.54 Å². The van der Waals surface area contributed by atoms with Crippen LogP contribution in [0.2, 0.25) is 0 Å². The SMILES string of the molecule is FC1(F)CCN(CCCS)C1. The van der Waals surface area contributed by atoms with Crippen LogP contribution in [0.25, 0.3) is 0 Å². The third-order valence-electron chi connectivity index (χ3n) is 1.88. The van der Waals surface area contributed by atoms with Gasteiger partial charge in [-0.1, -0.05) is 0 Å². The Labute approximate surface area is 71.2 Å². The smallest absolute Gasteiger partial charge is 0.261 e. The quantitative estimate of drug-likeness (QED) is 0.648. The predicted molar refractivity (Wildman–Crippen MR) is 44.5 cm³/mol. The van der Waals surface area contributed by atoms with E-state index < -0.39 is 5.92 Å². The summed E-state index contributed by atoms with van der Waals surface area (Å²) in [4.78, 5) is 1.80. The van der Waals surface area contributed by atoms with E-state index in [0.717, 1.165) is 18.7 Å². The van der Waals surface area contributed by atoms with Gasteiger partial charge in [0, 0.05) is 13.0 Å². The summed E-state index contributed by atoms with van der Waals surface area (Å²) in [6, 6.07) is 0. The zero-order valence-electron chi connectivity index (χ0n) is 6.39. The highest BCUT2D eigenvalue weighted by molar-refractivity contribution is 7.80. The summed E-state index contributed by atoms with van der Waals surface area (Å²) in [5.41, 5.74) is 0. The molecule has 1 nitrogen and oxygen atoms in total. The van der Waals surface area contributed by atoms with E-state index in [2.05, 4.69) is 12.6 Å². The normalized spacial score (nSPS) is 24.3. The minimum atomic E-state index is -2.43. The van der Waals surface area contributed by atoms with Gasteiger partial charge in [0.25, 0.3) is 5.92 Å². The Bertz CT molecular complexity index is 130. The maximum absolute atomic E-state index is 12.6. The Morgan fingerprint density at radius 1 is 1.45 bits per heavy atom. The Morgan fingerprint density at radius 2 is 2.18 bits per heavy atom. The van der Waals surface area contributed by atoms with Crippen molar-refractivity contribution in [3.05, 3.63) is 0 Å². The second-order valence-electron chi connectivity index (χ2n) is 2.96. The number of nitrogens with zero attached hydrogens (tertiary/aromatic N) is 1. The van der Waals surface area contributed by atoms with Crippen molar-refractivity contribution in [2.75, 3.05) is 25.4 Å². The predicted octanol–water partition coefficient (Wildman–Crippen LogP) is 1.65. The Balaban J connectivity index is 2.20. The number of rotatable bonds is 3. The lowest BCUT2D eigenvalue weighted by Crippen LogP contribution is -2.26. The average Bonchev–Trinajstić information content (AvgIpc) is 2.26. The van der Waals surface area contributed by atoms with Crippen LogP contribution in [0.15, 0.2) is 0 Å². The van der Waals surface area contributed by atoms with Crippen LogP contribution < -0.4 is 0 Å². The maximum atomic E-state index is 12.6. The summed E-state index contributed by atoms with van der Waals surface area (Å²) in [5.74, 6) is -1.65. The fourth-order valence-corrected chi connectivity index (χ4v) is 1.43. The van der Waals surface area contributed by atoms with Crippen molar-refractivity contribution in [2.24, 2.45) is 0 Å². The molecular formula is C7H13F2NS. The number of alkyl halides is 2. The van der Waals surface area contributed by atoms with E-state index in [9.17, 15) is 8.78 Å². The molecule has 1 aliphatic rings. The first-order chi connectivity index (χ1) is 5.14. The molecule has 0 aromatic heterocycles. The lowest BCUT2D eigenvalue weighted by Gasteiger charge is -2.13. The molecule has 0 amide bonds. The third-order valence-corrected chi connectivity index (χ3v) is 2.20. The summed E-state index contributed by atoms with van der Waals surface area (Å²) in [7, 11) is 0. The first kappa shape index (κ1) is 9.26. The van der Waals surface area contributed by atoms with Gasteiger partial charge in [-0.15, -0.1) is 0 Å². The second-order valence-corrected chi connectivity index (χ2v) is 3.41. The van der Waals surface area contributed by atoms with E-state index >= 15 is 0 Å². The fraction of sp³-hybridized carbons (Fsp3) is 1.00. The highest BCUT2D eigenvalue weighted by Gasteiger charge is 2.37. The van der Waals surface area contributed by atoms with Gasteiger partial charge in [-0.25, -0.2) is 8.78 Å². The first-order valence-electron chi connectivity index (χ1n) is 3.85. The van der Waals surface area contributed by atoms with E-state index in [1.165, 1.54) is 0 Å². The van der Waals surface area contributed by atoms with Crippen LogP contribution >= 0.6 is 12.6 Å². The first-order valence-corrected chi connectivity index (χ1v) is 4.48. The van der Waals surface area contributed by atoms with E-state index in [1.807, 2.05) is 0 Å². The third kappa shape index (κ3) is 2.95. The molecule has 0 aliphatic carbocycles. The van der Waals surface area contributed by atoms with Crippen molar-refractivity contribution in [3.8, 4) is 0 Å². The molecule has 1 saturated heterocycles. The molecule has 1 heterocycles. The standard InChI is InChI=1S/C7H13F2NS/c8-7(9)2-4-10(6-7)3-1-5-11/h11H,1-6H2. The Morgan fingerprint density at radius 3 is 2.64 bits per heavy atom. The lowest BCUT2D eigenvalue weighted by molar-refractivity contribution is 0.0123. The van der Waals surface area contributed by atoms with Crippen LogP contribution in [0.5, 0.6) is 0 Å². The van der Waals surface area contributed by atoms with Crippen molar-refractivity contribution in [3.63, 3.8) is 0 Å². The van der Waals surface area contributed by atoms with Crippen LogP contribution in [0.3, 0.4) is 0 Å². The summed E-state index contributed by atoms with van der Waals surface area (Å²) >= 11 is 4.02. The highest BCUT2D eigenvalue weighted by atomic mass is 32.1. The van der Waals surface area contributed by atoms with Gasteiger partial charge in [0.15, 0.2) is 0 Å². The fourth-order valence-electron chi connectivity index (χ4n) is 1.29. The molecule has 66 valence electrons. The topological polar surface area (TPSA) is 3.24 Å². The minimum absolute atomic E-state index is 0.0274. The molecule has 0 unspecified atom stereocenters. The molecular weight excluding hydrogens is 168 g/mol. The largest absolute Gasteiger partial charge is 0.297 e. The zero-order chi connectivity index (χ0) is 8.32. The molecule has 0 radical (unpaired) electrons. The summed E-state index contributed by atoms with van der Waals surface area (Å²) in [6.45, 7) is 1.25. The van der Waals surface area contributed by atoms with E-state index in [1.54, 1.807) is 4.90 Å². The van der Waals surface area contributed by atoms with Crippen molar-refractivity contribution in [2.45, 2.75) is 18.8 Å². The number of likely N-dealkylation sites (tertiary alicyclic amines) is 1. The summed E-state index contributed by atoms with van der Waals surface area (Å²) in [5, 5.41) is 0. The molecule has 4 heteroatoms. The Kier molecular flexibility index (Phi) is 3.13. The van der Waals surface area contributed by atoms with Gasteiger partial charge < -0.3 is 0 Å². The molecule has 0 aromatic rings. The zero-order valence-corrected chi connectivity index (χ0v) is 7.29. The number of halogens is 2. The molecule has 0 spiro atoms. The molecule has 1 rings (SSSR count). The van der Waals surface area contributed by atoms with Gasteiger partial charge in [-0.3, -0.25) is 4.90 Å². The average molecular weight is 181 g/mol. The number of hydrogen-bond acceptors (Lipinski definition) is 2. The van der Waals surface area contributed by atoms with Gasteiger partial charge in [-0.05, 0) is 18.7 Å². The van der Waals surface area contributed by atoms with Crippen LogP contribution in [0.4, 0.5) is 8.78 Å². The molecule has 0 N–H and O–H groups in total. The van der Waals surface area contributed by atoms with Gasteiger partial charge in [0.2, 0.25) is 0 Å². The van der Waals surface area contributed by atoms with E-state index in [-0.39, 0.29) is 13.0 Å². The van der Waals surface area contributed by atoms with Gasteiger partial charge >= 0.3 is 0 Å². The molecule has 0 aromatic carbocycles. The molecule has 0 bridgehead atoms. The maximum Gasteiger partial charge on any atom is 0.261 e. The van der Waals surface area contributed by atoms with Crippen LogP contribution in [-0.2, 0) is 0 Å². The molecule has 1 aliphatic heterocycles. The van der Waals surface area contributed by atoms with Crippen molar-refractivity contribution in [1.82, 2.24) is 4.90 Å². The number of thiol groups is 1. The van der Waals surface area contributed by atoms with Gasteiger partial charge in [-0.2, -0.15) is 12.6 Å². The van der Waals surface area contributed by atoms with Crippen molar-refractivity contribution >= 4 is 12.6 Å². The molecule has 0 atom stereocenters. The Hall–Kier alpha value is 0.170. The van der Waals surface area contributed by atoms with Gasteiger partial charge in [0.05, 0.1) is 6.54 Å². The lowest BCUT2D eigenvalue weighted by atomic mass is 10.3. The monoisotopic (exact) mass is 181 g/mol. The van der Waals surface area contributed by atoms with Crippen molar-refractivity contribution < 1.29 is 8.78 Å². The molecule has 0 saturated carbocycles. The van der Waals surface area contributed by atoms with Gasteiger partial charge in [0.1, 0.15) is 0 Å². The highest BCUT2D eigenvalue weighted by Crippen LogP contribution is 2.26.